The van der Waals surface area contributed by atoms with Gasteiger partial charge in [-0.15, -0.1) is 0 Å². The lowest BCUT2D eigenvalue weighted by Crippen LogP contribution is -2.53. The molecule has 3 aromatic rings. The van der Waals surface area contributed by atoms with E-state index in [0.717, 1.165) is 20.1 Å². The number of carboxylic acids is 1. The van der Waals surface area contributed by atoms with Crippen LogP contribution in [0.1, 0.15) is 47.8 Å². The fraction of sp³-hybridized carbons (Fsp3) is 0.323. The number of amides is 1. The number of nitrogens with zero attached hydrogens (tertiary/aromatic N) is 1. The number of carboxylic acid groups (broad SMARTS) is 1. The number of hydrogen-bond acceptors (Lipinski definition) is 6. The molecule has 0 aliphatic heterocycles. The second kappa shape index (κ2) is 13.6. The highest BCUT2D eigenvalue weighted by Crippen LogP contribution is 2.35. The molecule has 3 N–H and O–H groups in total. The average Bonchev–Trinajstić information content (AvgIpc) is 2.93. The SMILES string of the molecule is CC(C)(F)C[C@H](N[C@@H](c1ccc(-c2ccc(S(C)(=O)=O)cc2)cc1)C(F)(F)F)C(=O)N[C@H](C#N)Cc1ccc(C(=O)O)cc1. The Bertz CT molecular complexity index is 1610. The summed E-state index contributed by atoms with van der Waals surface area (Å²) in [6, 6.07) is 13.2. The lowest BCUT2D eigenvalue weighted by Gasteiger charge is -2.30. The van der Waals surface area contributed by atoms with Crippen LogP contribution in [0.5, 0.6) is 0 Å². The number of carbonyl (C=O) groups is 2. The van der Waals surface area contributed by atoms with Gasteiger partial charge in [-0.3, -0.25) is 10.1 Å². The van der Waals surface area contributed by atoms with Crippen molar-refractivity contribution < 1.29 is 40.7 Å². The highest BCUT2D eigenvalue weighted by molar-refractivity contribution is 7.90. The minimum absolute atomic E-state index is 0.0109. The molecule has 3 aromatic carbocycles. The Hall–Kier alpha value is -4.28. The second-order valence-electron chi connectivity index (χ2n) is 10.9. The van der Waals surface area contributed by atoms with E-state index in [-0.39, 0.29) is 22.4 Å². The number of aromatic carboxylic acids is 1. The molecule has 44 heavy (non-hydrogen) atoms. The number of hydrogen-bond donors (Lipinski definition) is 3. The summed E-state index contributed by atoms with van der Waals surface area (Å²) in [6.45, 7) is 2.24. The van der Waals surface area contributed by atoms with Gasteiger partial charge in [-0.05, 0) is 60.4 Å². The zero-order chi connectivity index (χ0) is 32.9. The number of alkyl halides is 4. The molecule has 0 aromatic heterocycles. The van der Waals surface area contributed by atoms with Crippen molar-refractivity contribution in [2.45, 2.75) is 61.6 Å². The number of rotatable bonds is 12. The minimum atomic E-state index is -4.89. The van der Waals surface area contributed by atoms with Gasteiger partial charge in [-0.25, -0.2) is 17.6 Å². The highest BCUT2D eigenvalue weighted by atomic mass is 32.2. The monoisotopic (exact) mass is 633 g/mol. The van der Waals surface area contributed by atoms with Gasteiger partial charge in [0.2, 0.25) is 5.91 Å². The van der Waals surface area contributed by atoms with E-state index in [0.29, 0.717) is 16.7 Å². The van der Waals surface area contributed by atoms with Crippen LogP contribution in [0, 0.1) is 11.3 Å². The molecule has 3 atom stereocenters. The highest BCUT2D eigenvalue weighted by Gasteiger charge is 2.44. The van der Waals surface area contributed by atoms with Crippen LogP contribution in [0.3, 0.4) is 0 Å². The van der Waals surface area contributed by atoms with E-state index in [1.165, 1.54) is 72.8 Å². The fourth-order valence-corrected chi connectivity index (χ4v) is 5.11. The van der Waals surface area contributed by atoms with Crippen LogP contribution >= 0.6 is 0 Å². The maximum absolute atomic E-state index is 14.7. The van der Waals surface area contributed by atoms with Gasteiger partial charge in [0.15, 0.2) is 9.84 Å². The van der Waals surface area contributed by atoms with E-state index >= 15 is 0 Å². The molecule has 0 fully saturated rings. The predicted molar refractivity (Wildman–Crippen MR) is 155 cm³/mol. The fourth-order valence-electron chi connectivity index (χ4n) is 4.48. The van der Waals surface area contributed by atoms with Crippen LogP contribution in [0.2, 0.25) is 0 Å². The van der Waals surface area contributed by atoms with E-state index < -0.39 is 58.1 Å². The zero-order valence-electron chi connectivity index (χ0n) is 24.0. The molecule has 13 heteroatoms. The maximum Gasteiger partial charge on any atom is 0.407 e. The molecule has 0 radical (unpaired) electrons. The summed E-state index contributed by atoms with van der Waals surface area (Å²) in [7, 11) is -3.43. The van der Waals surface area contributed by atoms with E-state index in [9.17, 15) is 40.8 Å². The Labute approximate surface area is 252 Å². The Balaban J connectivity index is 1.83. The standard InChI is InChI=1S/C31H31F4N3O5S/c1-30(2,32)17-26(28(39)37-24(18-36)16-19-4-6-23(7-5-19)29(40)41)38-27(31(33,34)35)22-10-8-20(9-11-22)21-12-14-25(15-13-21)44(3,42)43/h4-15,24,26-27,38H,16-17H2,1-3H3,(H,37,39)(H,40,41)/t24-,26-,27-/m0/s1. The van der Waals surface area contributed by atoms with Gasteiger partial charge in [0.25, 0.3) is 0 Å². The van der Waals surface area contributed by atoms with Crippen molar-refractivity contribution in [3.05, 3.63) is 89.5 Å². The van der Waals surface area contributed by atoms with Crippen molar-refractivity contribution in [1.82, 2.24) is 10.6 Å². The molecule has 0 bridgehead atoms. The lowest BCUT2D eigenvalue weighted by molar-refractivity contribution is -0.161. The molecule has 1 amide bonds. The summed E-state index contributed by atoms with van der Waals surface area (Å²) in [5.41, 5.74) is -0.715. The molecule has 0 heterocycles. The summed E-state index contributed by atoms with van der Waals surface area (Å²) >= 11 is 0. The van der Waals surface area contributed by atoms with Crippen molar-refractivity contribution >= 4 is 21.7 Å². The average molecular weight is 634 g/mol. The molecule has 0 aliphatic rings. The van der Waals surface area contributed by atoms with Gasteiger partial charge < -0.3 is 10.4 Å². The van der Waals surface area contributed by atoms with E-state index in [1.807, 2.05) is 6.07 Å². The molecule has 234 valence electrons. The number of carbonyl (C=O) groups excluding carboxylic acids is 1. The van der Waals surface area contributed by atoms with Gasteiger partial charge in [-0.2, -0.15) is 18.4 Å². The number of nitriles is 1. The molecular weight excluding hydrogens is 602 g/mol. The first kappa shape index (κ1) is 34.2. The normalized spacial score (nSPS) is 14.2. The van der Waals surface area contributed by atoms with E-state index in [2.05, 4.69) is 10.6 Å². The summed E-state index contributed by atoms with van der Waals surface area (Å²) in [4.78, 5) is 24.3. The van der Waals surface area contributed by atoms with Crippen molar-refractivity contribution in [1.29, 1.82) is 5.26 Å². The first-order chi connectivity index (χ1) is 20.4. The zero-order valence-corrected chi connectivity index (χ0v) is 24.8. The summed E-state index contributed by atoms with van der Waals surface area (Å²) in [5.74, 6) is -2.16. The molecule has 0 saturated heterocycles. The van der Waals surface area contributed by atoms with Gasteiger partial charge in [0.1, 0.15) is 17.8 Å². The van der Waals surface area contributed by atoms with Crippen molar-refractivity contribution in [3.63, 3.8) is 0 Å². The third kappa shape index (κ3) is 9.62. The van der Waals surface area contributed by atoms with Crippen LogP contribution in [-0.2, 0) is 21.1 Å². The molecule has 0 spiro atoms. The largest absolute Gasteiger partial charge is 0.478 e. The van der Waals surface area contributed by atoms with Gasteiger partial charge in [0, 0.05) is 19.1 Å². The van der Waals surface area contributed by atoms with Gasteiger partial charge in [0.05, 0.1) is 22.6 Å². The summed E-state index contributed by atoms with van der Waals surface area (Å²) in [6.07, 6.45) is -4.54. The smallest absolute Gasteiger partial charge is 0.407 e. The van der Waals surface area contributed by atoms with Gasteiger partial charge >= 0.3 is 12.1 Å². The number of benzene rings is 3. The van der Waals surface area contributed by atoms with Crippen LogP contribution in [0.4, 0.5) is 17.6 Å². The number of halogens is 4. The Morgan fingerprint density at radius 3 is 1.86 bits per heavy atom. The first-order valence-corrected chi connectivity index (χ1v) is 15.2. The first-order valence-electron chi connectivity index (χ1n) is 13.3. The Kier molecular flexibility index (Phi) is 10.6. The van der Waals surface area contributed by atoms with Crippen molar-refractivity contribution in [3.8, 4) is 17.2 Å². The van der Waals surface area contributed by atoms with Crippen LogP contribution in [0.15, 0.2) is 77.7 Å². The van der Waals surface area contributed by atoms with Crippen LogP contribution < -0.4 is 10.6 Å². The van der Waals surface area contributed by atoms with Crippen molar-refractivity contribution in [2.75, 3.05) is 6.26 Å². The molecule has 8 nitrogen and oxygen atoms in total. The van der Waals surface area contributed by atoms with E-state index in [1.54, 1.807) is 0 Å². The third-order valence-corrected chi connectivity index (χ3v) is 7.80. The molecular formula is C31H31F4N3O5S. The molecule has 0 unspecified atom stereocenters. The maximum atomic E-state index is 14.7. The van der Waals surface area contributed by atoms with E-state index in [4.69, 9.17) is 5.11 Å². The Morgan fingerprint density at radius 1 is 0.909 bits per heavy atom. The third-order valence-electron chi connectivity index (χ3n) is 6.67. The minimum Gasteiger partial charge on any atom is -0.478 e. The number of nitrogens with one attached hydrogen (secondary N) is 2. The van der Waals surface area contributed by atoms with Crippen molar-refractivity contribution in [2.24, 2.45) is 0 Å². The molecule has 0 saturated carbocycles. The van der Waals surface area contributed by atoms with Crippen LogP contribution in [0.25, 0.3) is 11.1 Å². The van der Waals surface area contributed by atoms with Gasteiger partial charge in [-0.1, -0.05) is 48.5 Å². The van der Waals surface area contributed by atoms with Crippen LogP contribution in [-0.4, -0.2) is 55.6 Å². The lowest BCUT2D eigenvalue weighted by atomic mass is 9.96. The quantitative estimate of drug-likeness (QED) is 0.227. The topological polar surface area (TPSA) is 136 Å². The molecule has 3 rings (SSSR count). The number of sulfone groups is 1. The second-order valence-corrected chi connectivity index (χ2v) is 12.9. The Morgan fingerprint density at radius 2 is 1.43 bits per heavy atom. The predicted octanol–water partition coefficient (Wildman–Crippen LogP) is 5.41. The molecule has 0 aliphatic carbocycles. The summed E-state index contributed by atoms with van der Waals surface area (Å²) < 4.78 is 81.1. The summed E-state index contributed by atoms with van der Waals surface area (Å²) in [5, 5.41) is 23.3.